The minimum atomic E-state index is -5.15. The fraction of sp³-hybridized carbons (Fsp3) is 0.600. The number of hydrogen-bond acceptors (Lipinski definition) is 3. The summed E-state index contributed by atoms with van der Waals surface area (Å²) in [7, 11) is 0. The normalized spacial score (nSPS) is 13.7. The molecule has 0 aromatic rings. The number of carbonyl (C=O) groups excluding carboxylic acids is 1. The molecular weight excluding hydrogens is 181 g/mol. The minimum Gasteiger partial charge on any atom is -0.479 e. The van der Waals surface area contributed by atoms with Crippen molar-refractivity contribution in [2.24, 2.45) is 0 Å². The van der Waals surface area contributed by atoms with Crippen molar-refractivity contribution in [3.63, 3.8) is 0 Å². The van der Waals surface area contributed by atoms with E-state index in [0.29, 0.717) is 0 Å². The molecule has 7 heteroatoms. The Labute approximate surface area is 64.9 Å². The first-order chi connectivity index (χ1) is 5.25. The van der Waals surface area contributed by atoms with Crippen LogP contribution in [0.1, 0.15) is 6.92 Å². The standard InChI is InChI=1S/C5H5F3O4/c1-2(3(9)10)12-4(11)5(6,7)8/h2H,1H3,(H,9,10). The fourth-order valence-electron chi connectivity index (χ4n) is 0.278. The van der Waals surface area contributed by atoms with Gasteiger partial charge in [0.25, 0.3) is 0 Å². The molecule has 70 valence electrons. The molecule has 12 heavy (non-hydrogen) atoms. The molecule has 0 radical (unpaired) electrons. The molecule has 0 rings (SSSR count). The first-order valence-electron chi connectivity index (χ1n) is 2.75. The summed E-state index contributed by atoms with van der Waals surface area (Å²) in [4.78, 5) is 19.9. The van der Waals surface area contributed by atoms with Gasteiger partial charge in [-0.2, -0.15) is 13.2 Å². The number of carboxylic acids is 1. The maximum absolute atomic E-state index is 11.4. The quantitative estimate of drug-likeness (QED) is 0.640. The zero-order valence-corrected chi connectivity index (χ0v) is 5.88. The second-order valence-electron chi connectivity index (χ2n) is 1.88. The molecule has 0 aliphatic heterocycles. The SMILES string of the molecule is CC(OC(=O)C(F)(F)F)C(=O)O. The second-order valence-corrected chi connectivity index (χ2v) is 1.88. The Morgan fingerprint density at radius 2 is 1.83 bits per heavy atom. The highest BCUT2D eigenvalue weighted by molar-refractivity contribution is 5.80. The molecule has 0 aromatic heterocycles. The Balaban J connectivity index is 4.11. The van der Waals surface area contributed by atoms with Gasteiger partial charge in [-0.15, -0.1) is 0 Å². The third-order valence-corrected chi connectivity index (χ3v) is 0.863. The summed E-state index contributed by atoms with van der Waals surface area (Å²) in [5.74, 6) is -4.13. The third-order valence-electron chi connectivity index (χ3n) is 0.863. The molecule has 4 nitrogen and oxygen atoms in total. The van der Waals surface area contributed by atoms with E-state index in [1.54, 1.807) is 0 Å². The maximum Gasteiger partial charge on any atom is 0.490 e. The Kier molecular flexibility index (Phi) is 3.06. The van der Waals surface area contributed by atoms with Gasteiger partial charge in [-0.25, -0.2) is 9.59 Å². The largest absolute Gasteiger partial charge is 0.490 e. The van der Waals surface area contributed by atoms with Gasteiger partial charge in [0.15, 0.2) is 6.10 Å². The van der Waals surface area contributed by atoms with Crippen molar-refractivity contribution in [2.75, 3.05) is 0 Å². The number of carbonyl (C=O) groups is 2. The van der Waals surface area contributed by atoms with Crippen molar-refractivity contribution >= 4 is 11.9 Å². The molecule has 0 heterocycles. The van der Waals surface area contributed by atoms with Crippen LogP contribution in [0.15, 0.2) is 0 Å². The van der Waals surface area contributed by atoms with E-state index in [0.717, 1.165) is 6.92 Å². The fourth-order valence-corrected chi connectivity index (χ4v) is 0.278. The van der Waals surface area contributed by atoms with Gasteiger partial charge < -0.3 is 9.84 Å². The van der Waals surface area contributed by atoms with E-state index < -0.39 is 24.2 Å². The lowest BCUT2D eigenvalue weighted by Gasteiger charge is -2.09. The van der Waals surface area contributed by atoms with Crippen LogP contribution in [-0.2, 0) is 14.3 Å². The second kappa shape index (κ2) is 3.42. The Morgan fingerprint density at radius 3 is 2.08 bits per heavy atom. The van der Waals surface area contributed by atoms with Crippen molar-refractivity contribution in [3.05, 3.63) is 0 Å². The van der Waals surface area contributed by atoms with E-state index in [9.17, 15) is 22.8 Å². The van der Waals surface area contributed by atoms with Crippen LogP contribution in [0.3, 0.4) is 0 Å². The first kappa shape index (κ1) is 10.7. The van der Waals surface area contributed by atoms with Gasteiger partial charge in [-0.3, -0.25) is 0 Å². The number of ether oxygens (including phenoxy) is 1. The third kappa shape index (κ3) is 3.22. The average molecular weight is 186 g/mol. The number of halogens is 3. The van der Waals surface area contributed by atoms with Gasteiger partial charge in [-0.1, -0.05) is 0 Å². The molecule has 0 spiro atoms. The topological polar surface area (TPSA) is 63.6 Å². The first-order valence-corrected chi connectivity index (χ1v) is 2.75. The van der Waals surface area contributed by atoms with E-state index in [1.165, 1.54) is 0 Å². The summed E-state index contributed by atoms with van der Waals surface area (Å²) in [5, 5.41) is 8.05. The molecule has 0 saturated carbocycles. The molecule has 1 N–H and O–H groups in total. The van der Waals surface area contributed by atoms with Gasteiger partial charge in [0, 0.05) is 0 Å². The molecule has 0 aromatic carbocycles. The Hall–Kier alpha value is -1.27. The molecule has 0 aliphatic rings. The summed E-state index contributed by atoms with van der Waals surface area (Å²) in [6, 6.07) is 0. The highest BCUT2D eigenvalue weighted by atomic mass is 19.4. The molecule has 0 aliphatic carbocycles. The average Bonchev–Trinajstić information content (AvgIpc) is 1.85. The number of hydrogen-bond donors (Lipinski definition) is 1. The lowest BCUT2D eigenvalue weighted by molar-refractivity contribution is -0.206. The number of carboxylic acid groups (broad SMARTS) is 1. The van der Waals surface area contributed by atoms with Crippen LogP contribution >= 0.6 is 0 Å². The molecule has 0 saturated heterocycles. The van der Waals surface area contributed by atoms with Crippen LogP contribution in [0.4, 0.5) is 13.2 Å². The Bertz CT molecular complexity index is 197. The monoisotopic (exact) mass is 186 g/mol. The van der Waals surface area contributed by atoms with Crippen molar-refractivity contribution in [1.29, 1.82) is 0 Å². The van der Waals surface area contributed by atoms with Gasteiger partial charge in [0.1, 0.15) is 0 Å². The van der Waals surface area contributed by atoms with Crippen LogP contribution in [0, 0.1) is 0 Å². The number of rotatable bonds is 2. The summed E-state index contributed by atoms with van der Waals surface area (Å²) in [6.07, 6.45) is -6.94. The summed E-state index contributed by atoms with van der Waals surface area (Å²) in [6.45, 7) is 0.825. The zero-order chi connectivity index (χ0) is 9.94. The number of alkyl halides is 3. The predicted octanol–water partition coefficient (Wildman–Crippen LogP) is 0.565. The molecule has 1 atom stereocenters. The summed E-state index contributed by atoms with van der Waals surface area (Å²) < 4.78 is 37.7. The van der Waals surface area contributed by atoms with Gasteiger partial charge in [-0.05, 0) is 6.92 Å². The summed E-state index contributed by atoms with van der Waals surface area (Å²) >= 11 is 0. The van der Waals surface area contributed by atoms with E-state index in [-0.39, 0.29) is 0 Å². The van der Waals surface area contributed by atoms with E-state index in [2.05, 4.69) is 4.74 Å². The lowest BCUT2D eigenvalue weighted by Crippen LogP contribution is -2.32. The van der Waals surface area contributed by atoms with Gasteiger partial charge in [0.2, 0.25) is 0 Å². The number of aliphatic carboxylic acids is 1. The van der Waals surface area contributed by atoms with Crippen LogP contribution in [-0.4, -0.2) is 29.3 Å². The predicted molar refractivity (Wildman–Crippen MR) is 29.2 cm³/mol. The van der Waals surface area contributed by atoms with E-state index >= 15 is 0 Å². The highest BCUT2D eigenvalue weighted by Crippen LogP contribution is 2.17. The minimum absolute atomic E-state index is 0.825. The van der Waals surface area contributed by atoms with Crippen molar-refractivity contribution in [1.82, 2.24) is 0 Å². The zero-order valence-electron chi connectivity index (χ0n) is 5.88. The van der Waals surface area contributed by atoms with Crippen molar-refractivity contribution in [2.45, 2.75) is 19.2 Å². The molecule has 1 unspecified atom stereocenters. The van der Waals surface area contributed by atoms with Gasteiger partial charge >= 0.3 is 18.1 Å². The molecule has 0 amide bonds. The van der Waals surface area contributed by atoms with Crippen LogP contribution in [0.5, 0.6) is 0 Å². The van der Waals surface area contributed by atoms with Gasteiger partial charge in [0.05, 0.1) is 0 Å². The van der Waals surface area contributed by atoms with E-state index in [4.69, 9.17) is 5.11 Å². The Morgan fingerprint density at radius 1 is 1.42 bits per heavy atom. The summed E-state index contributed by atoms with van der Waals surface area (Å²) in [5.41, 5.74) is 0. The van der Waals surface area contributed by atoms with Crippen LogP contribution < -0.4 is 0 Å². The smallest absolute Gasteiger partial charge is 0.479 e. The molecular formula is C5H5F3O4. The van der Waals surface area contributed by atoms with Crippen molar-refractivity contribution < 1.29 is 32.6 Å². The van der Waals surface area contributed by atoms with Crippen molar-refractivity contribution in [3.8, 4) is 0 Å². The highest BCUT2D eigenvalue weighted by Gasteiger charge is 2.42. The maximum atomic E-state index is 11.4. The number of esters is 1. The van der Waals surface area contributed by atoms with Crippen LogP contribution in [0.2, 0.25) is 0 Å². The van der Waals surface area contributed by atoms with Crippen LogP contribution in [0.25, 0.3) is 0 Å². The lowest BCUT2D eigenvalue weighted by atomic mass is 10.4. The molecule has 0 bridgehead atoms. The molecule has 0 fully saturated rings. The van der Waals surface area contributed by atoms with E-state index in [1.807, 2.05) is 0 Å².